The van der Waals surface area contributed by atoms with E-state index in [4.69, 9.17) is 5.73 Å². The molecule has 6 nitrogen and oxygen atoms in total. The molecule has 6 N–H and O–H groups in total. The van der Waals surface area contributed by atoms with E-state index >= 15 is 0 Å². The Morgan fingerprint density at radius 1 is 0.829 bits per heavy atom. The van der Waals surface area contributed by atoms with Gasteiger partial charge in [-0.1, -0.05) is 20.8 Å². The molecule has 4 unspecified atom stereocenters. The average Bonchev–Trinajstić information content (AvgIpc) is 3.29. The van der Waals surface area contributed by atoms with E-state index in [0.717, 1.165) is 87.7 Å². The van der Waals surface area contributed by atoms with Crippen LogP contribution in [0.25, 0.3) is 0 Å². The van der Waals surface area contributed by atoms with E-state index in [1.165, 1.54) is 64.2 Å². The lowest BCUT2D eigenvalue weighted by atomic mass is 9.44. The predicted molar refractivity (Wildman–Crippen MR) is 173 cm³/mol. The van der Waals surface area contributed by atoms with Crippen LogP contribution in [-0.4, -0.2) is 57.3 Å². The van der Waals surface area contributed by atoms with Crippen LogP contribution in [0.4, 0.5) is 0 Å². The van der Waals surface area contributed by atoms with Gasteiger partial charge in [0.25, 0.3) is 0 Å². The maximum absolute atomic E-state index is 12.3. The van der Waals surface area contributed by atoms with Crippen molar-refractivity contribution in [1.82, 2.24) is 21.3 Å². The van der Waals surface area contributed by atoms with Crippen molar-refractivity contribution in [2.45, 2.75) is 130 Å². The molecule has 1 amide bonds. The molecule has 0 radical (unpaired) electrons. The summed E-state index contributed by atoms with van der Waals surface area (Å²) in [6, 6.07) is 0.969. The summed E-state index contributed by atoms with van der Waals surface area (Å²) in [5, 5.41) is 14.1. The highest BCUT2D eigenvalue weighted by Gasteiger charge is 2.60. The molecule has 4 rings (SSSR count). The molecule has 0 spiro atoms. The molecule has 0 aromatic carbocycles. The highest BCUT2D eigenvalue weighted by Crippen LogP contribution is 2.68. The first-order valence-corrected chi connectivity index (χ1v) is 17.8. The van der Waals surface area contributed by atoms with Gasteiger partial charge in [0.05, 0.1) is 0 Å². The third kappa shape index (κ3) is 8.08. The van der Waals surface area contributed by atoms with E-state index in [9.17, 15) is 4.79 Å². The van der Waals surface area contributed by atoms with Crippen molar-refractivity contribution >= 4 is 5.91 Å². The summed E-state index contributed by atoms with van der Waals surface area (Å²) in [6.07, 6.45) is 16.9. The van der Waals surface area contributed by atoms with E-state index in [2.05, 4.69) is 55.9 Å². The van der Waals surface area contributed by atoms with Gasteiger partial charge in [-0.3, -0.25) is 4.79 Å². The van der Waals surface area contributed by atoms with Crippen molar-refractivity contribution in [2.75, 3.05) is 39.3 Å². The molecule has 6 heteroatoms. The second-order valence-electron chi connectivity index (χ2n) is 15.5. The lowest BCUT2D eigenvalue weighted by molar-refractivity contribution is -0.123. The third-order valence-electron chi connectivity index (χ3n) is 12.7. The van der Waals surface area contributed by atoms with Gasteiger partial charge in [0.2, 0.25) is 5.91 Å². The number of amides is 1. The molecule has 4 aliphatic carbocycles. The van der Waals surface area contributed by atoms with Gasteiger partial charge in [0, 0.05) is 31.6 Å². The predicted octanol–water partition coefficient (Wildman–Crippen LogP) is 5.46. The van der Waals surface area contributed by atoms with E-state index in [1.54, 1.807) is 0 Å². The third-order valence-corrected chi connectivity index (χ3v) is 12.7. The van der Waals surface area contributed by atoms with Gasteiger partial charge in [-0.2, -0.15) is 0 Å². The van der Waals surface area contributed by atoms with Crippen molar-refractivity contribution < 1.29 is 4.79 Å². The molecular weight excluding hydrogens is 506 g/mol. The Balaban J connectivity index is 1.21. The summed E-state index contributed by atoms with van der Waals surface area (Å²) < 4.78 is 0. The van der Waals surface area contributed by atoms with Gasteiger partial charge >= 0.3 is 0 Å². The molecule has 0 aliphatic heterocycles. The molecule has 4 fully saturated rings. The molecule has 41 heavy (non-hydrogen) atoms. The van der Waals surface area contributed by atoms with E-state index in [0.29, 0.717) is 23.2 Å². The summed E-state index contributed by atoms with van der Waals surface area (Å²) in [5.41, 5.74) is 6.59. The molecule has 0 bridgehead atoms. The molecule has 0 aromatic rings. The maximum Gasteiger partial charge on any atom is 0.220 e. The lowest BCUT2D eigenvalue weighted by Gasteiger charge is -2.61. The summed E-state index contributed by atoms with van der Waals surface area (Å²) in [5.74, 6) is 5.40. The Morgan fingerprint density at radius 3 is 2.27 bits per heavy atom. The first-order chi connectivity index (χ1) is 19.7. The Labute approximate surface area is 253 Å². The maximum atomic E-state index is 12.3. The minimum absolute atomic E-state index is 0.241. The molecule has 9 atom stereocenters. The summed E-state index contributed by atoms with van der Waals surface area (Å²) >= 11 is 0. The SMILES string of the molecule is CC(C)NC(=O)CC[C@@H](C)[C@H]1CCC2C3CCC4C[C@@H](NCCCNCCNCCCN)CC[C@]4(C)C3CC[C@@]21C. The topological polar surface area (TPSA) is 91.2 Å². The van der Waals surface area contributed by atoms with Crippen LogP contribution < -0.4 is 27.0 Å². The van der Waals surface area contributed by atoms with Crippen molar-refractivity contribution in [2.24, 2.45) is 52.1 Å². The second-order valence-corrected chi connectivity index (χ2v) is 15.5. The molecule has 4 aliphatic rings. The normalized spacial score (nSPS) is 37.3. The first-order valence-electron chi connectivity index (χ1n) is 17.8. The minimum Gasteiger partial charge on any atom is -0.354 e. The fourth-order valence-corrected chi connectivity index (χ4v) is 10.5. The van der Waals surface area contributed by atoms with Gasteiger partial charge < -0.3 is 27.0 Å². The molecule has 0 saturated heterocycles. The van der Waals surface area contributed by atoms with Gasteiger partial charge in [-0.25, -0.2) is 0 Å². The summed E-state index contributed by atoms with van der Waals surface area (Å²) in [6.45, 7) is 18.1. The van der Waals surface area contributed by atoms with Crippen LogP contribution in [0.1, 0.15) is 118 Å². The number of carbonyl (C=O) groups excluding carboxylic acids is 1. The van der Waals surface area contributed by atoms with Gasteiger partial charge in [0.15, 0.2) is 0 Å². The Morgan fingerprint density at radius 2 is 1.54 bits per heavy atom. The fourth-order valence-electron chi connectivity index (χ4n) is 10.5. The molecule has 0 aromatic heterocycles. The monoisotopic (exact) mass is 574 g/mol. The van der Waals surface area contributed by atoms with Gasteiger partial charge in [-0.15, -0.1) is 0 Å². The first kappa shape index (κ1) is 33.2. The number of nitrogens with two attached hydrogens (primary N) is 1. The van der Waals surface area contributed by atoms with Crippen molar-refractivity contribution in [1.29, 1.82) is 0 Å². The van der Waals surface area contributed by atoms with E-state index in [1.807, 2.05) is 0 Å². The van der Waals surface area contributed by atoms with Crippen LogP contribution in [0.3, 0.4) is 0 Å². The highest BCUT2D eigenvalue weighted by molar-refractivity contribution is 5.76. The smallest absolute Gasteiger partial charge is 0.220 e. The van der Waals surface area contributed by atoms with Crippen molar-refractivity contribution in [3.8, 4) is 0 Å². The molecular formula is C35H67N5O. The minimum atomic E-state index is 0.241. The fraction of sp³-hybridized carbons (Fsp3) is 0.971. The van der Waals surface area contributed by atoms with Gasteiger partial charge in [0.1, 0.15) is 0 Å². The largest absolute Gasteiger partial charge is 0.354 e. The molecule has 238 valence electrons. The standard InChI is InChI=1S/C35H67N5O/c1-25(2)40-33(41)13-8-26(3)30-11-12-31-29-10-9-27-24-28(39-21-7-20-38-23-22-37-19-6-18-36)14-16-34(27,4)32(29)15-17-35(30,31)5/h25-32,37-39H,6-24,36H2,1-5H3,(H,40,41)/t26-,27?,28+,29?,30-,31?,32?,34+,35-/m1/s1. The number of carbonyl (C=O) groups is 1. The van der Waals surface area contributed by atoms with Crippen LogP contribution in [0, 0.1) is 46.3 Å². The summed E-state index contributed by atoms with van der Waals surface area (Å²) in [4.78, 5) is 12.3. The van der Waals surface area contributed by atoms with Crippen molar-refractivity contribution in [3.63, 3.8) is 0 Å². The van der Waals surface area contributed by atoms with Crippen LogP contribution in [0.5, 0.6) is 0 Å². The van der Waals surface area contributed by atoms with E-state index in [-0.39, 0.29) is 11.9 Å². The molecule has 4 saturated carbocycles. The lowest BCUT2D eigenvalue weighted by Crippen LogP contribution is -2.55. The van der Waals surface area contributed by atoms with Crippen molar-refractivity contribution in [3.05, 3.63) is 0 Å². The molecule has 0 heterocycles. The average molecular weight is 574 g/mol. The van der Waals surface area contributed by atoms with Crippen LogP contribution >= 0.6 is 0 Å². The number of nitrogens with one attached hydrogen (secondary N) is 4. The quantitative estimate of drug-likeness (QED) is 0.158. The Hall–Kier alpha value is -0.690. The van der Waals surface area contributed by atoms with E-state index < -0.39 is 0 Å². The van der Waals surface area contributed by atoms with Crippen LogP contribution in [0.2, 0.25) is 0 Å². The number of hydrogen-bond donors (Lipinski definition) is 5. The number of hydrogen-bond acceptors (Lipinski definition) is 5. The van der Waals surface area contributed by atoms with Crippen LogP contribution in [-0.2, 0) is 4.79 Å². The number of rotatable bonds is 16. The van der Waals surface area contributed by atoms with Gasteiger partial charge in [-0.05, 0) is 163 Å². The zero-order valence-electron chi connectivity index (χ0n) is 27.5. The Kier molecular flexibility index (Phi) is 12.4. The Bertz CT molecular complexity index is 805. The number of fused-ring (bicyclic) bond motifs is 5. The second kappa shape index (κ2) is 15.3. The highest BCUT2D eigenvalue weighted by atomic mass is 16.1. The zero-order valence-corrected chi connectivity index (χ0v) is 27.5. The summed E-state index contributed by atoms with van der Waals surface area (Å²) in [7, 11) is 0. The van der Waals surface area contributed by atoms with Crippen LogP contribution in [0.15, 0.2) is 0 Å². The zero-order chi connectivity index (χ0) is 29.5.